The van der Waals surface area contributed by atoms with Crippen LogP contribution in [0.25, 0.3) is 0 Å². The van der Waals surface area contributed by atoms with Crippen molar-refractivity contribution in [3.63, 3.8) is 0 Å². The minimum Gasteiger partial charge on any atom is -0.378 e. The number of ether oxygens (including phenoxy) is 1. The molecule has 3 rings (SSSR count). The molecule has 2 atom stereocenters. The smallest absolute Gasteiger partial charge is 0.245 e. The number of piperazine rings is 1. The molecule has 2 aliphatic heterocycles. The molecule has 18 heavy (non-hydrogen) atoms. The highest BCUT2D eigenvalue weighted by Crippen LogP contribution is 2.34. The number of carbonyl (C=O) groups is 2. The first-order chi connectivity index (χ1) is 8.74. The largest absolute Gasteiger partial charge is 0.378 e. The Morgan fingerprint density at radius 2 is 2.11 bits per heavy atom. The van der Waals surface area contributed by atoms with Gasteiger partial charge < -0.3 is 15.0 Å². The summed E-state index contributed by atoms with van der Waals surface area (Å²) in [6, 6.07) is -0.254. The fraction of sp³-hybridized carbons (Fsp3) is 0.846. The van der Waals surface area contributed by atoms with Crippen LogP contribution >= 0.6 is 0 Å². The molecule has 0 radical (unpaired) electrons. The molecule has 2 unspecified atom stereocenters. The third kappa shape index (κ3) is 2.51. The highest BCUT2D eigenvalue weighted by Gasteiger charge is 2.42. The molecule has 2 amide bonds. The number of rotatable bonds is 4. The molecule has 2 saturated heterocycles. The number of hydrogen-bond acceptors (Lipinski definition) is 3. The standard InChI is InChI=1S/C13H20N2O3/c16-11-8-15(6-5-10-2-1-7-18-10)13(17)12(14-11)9-3-4-9/h9-10,12H,1-8H2,(H,14,16). The van der Waals surface area contributed by atoms with Gasteiger partial charge in [-0.3, -0.25) is 9.59 Å². The summed E-state index contributed by atoms with van der Waals surface area (Å²) in [5.74, 6) is 0.473. The Kier molecular flexibility index (Phi) is 3.24. The van der Waals surface area contributed by atoms with E-state index in [9.17, 15) is 9.59 Å². The topological polar surface area (TPSA) is 58.6 Å². The highest BCUT2D eigenvalue weighted by atomic mass is 16.5. The second kappa shape index (κ2) is 4.88. The third-order valence-electron chi connectivity index (χ3n) is 4.07. The molecular weight excluding hydrogens is 232 g/mol. The first kappa shape index (κ1) is 12.0. The normalized spacial score (nSPS) is 32.8. The van der Waals surface area contributed by atoms with Gasteiger partial charge in [-0.25, -0.2) is 0 Å². The number of nitrogens with zero attached hydrogens (tertiary/aromatic N) is 1. The molecule has 1 saturated carbocycles. The molecule has 1 N–H and O–H groups in total. The molecule has 3 aliphatic rings. The summed E-state index contributed by atoms with van der Waals surface area (Å²) in [4.78, 5) is 25.6. The Bertz CT molecular complexity index is 348. The molecule has 100 valence electrons. The number of carbonyl (C=O) groups excluding carboxylic acids is 2. The zero-order valence-corrected chi connectivity index (χ0v) is 10.6. The van der Waals surface area contributed by atoms with Crippen molar-refractivity contribution in [1.82, 2.24) is 10.2 Å². The first-order valence-corrected chi connectivity index (χ1v) is 6.94. The average Bonchev–Trinajstić information content (AvgIpc) is 3.06. The summed E-state index contributed by atoms with van der Waals surface area (Å²) in [5, 5.41) is 2.82. The van der Waals surface area contributed by atoms with Crippen molar-refractivity contribution < 1.29 is 14.3 Å². The second-order valence-corrected chi connectivity index (χ2v) is 5.57. The van der Waals surface area contributed by atoms with Gasteiger partial charge in [-0.05, 0) is 38.0 Å². The maximum atomic E-state index is 12.2. The van der Waals surface area contributed by atoms with Crippen LogP contribution in [0.15, 0.2) is 0 Å². The summed E-state index contributed by atoms with van der Waals surface area (Å²) in [5.41, 5.74) is 0. The number of hydrogen-bond donors (Lipinski definition) is 1. The van der Waals surface area contributed by atoms with Crippen molar-refractivity contribution in [1.29, 1.82) is 0 Å². The van der Waals surface area contributed by atoms with E-state index < -0.39 is 0 Å². The Morgan fingerprint density at radius 3 is 2.78 bits per heavy atom. The molecule has 5 heteroatoms. The lowest BCUT2D eigenvalue weighted by Crippen LogP contribution is -2.59. The molecule has 0 aromatic rings. The van der Waals surface area contributed by atoms with E-state index in [-0.39, 0.29) is 30.5 Å². The summed E-state index contributed by atoms with van der Waals surface area (Å²) in [6.07, 6.45) is 5.47. The van der Waals surface area contributed by atoms with Crippen LogP contribution in [0.5, 0.6) is 0 Å². The van der Waals surface area contributed by atoms with Gasteiger partial charge >= 0.3 is 0 Å². The van der Waals surface area contributed by atoms with Gasteiger partial charge in [0.15, 0.2) is 0 Å². The quantitative estimate of drug-likeness (QED) is 0.782. The Morgan fingerprint density at radius 1 is 1.28 bits per heavy atom. The van der Waals surface area contributed by atoms with Gasteiger partial charge in [0.1, 0.15) is 6.04 Å². The minimum absolute atomic E-state index is 0.0150. The van der Waals surface area contributed by atoms with Gasteiger partial charge in [0.25, 0.3) is 0 Å². The van der Waals surface area contributed by atoms with Crippen LogP contribution in [-0.2, 0) is 14.3 Å². The number of amides is 2. The maximum absolute atomic E-state index is 12.2. The summed E-state index contributed by atoms with van der Waals surface area (Å²) < 4.78 is 5.55. The molecule has 0 aromatic heterocycles. The Hall–Kier alpha value is -1.10. The zero-order valence-electron chi connectivity index (χ0n) is 10.6. The van der Waals surface area contributed by atoms with Crippen LogP contribution in [0.1, 0.15) is 32.1 Å². The van der Waals surface area contributed by atoms with E-state index in [1.165, 1.54) is 0 Å². The predicted octanol–water partition coefficient (Wildman–Crippen LogP) is 0.293. The van der Waals surface area contributed by atoms with Crippen molar-refractivity contribution >= 4 is 11.8 Å². The van der Waals surface area contributed by atoms with E-state index in [0.717, 1.165) is 38.7 Å². The molecule has 3 fully saturated rings. The van der Waals surface area contributed by atoms with Gasteiger partial charge in [-0.2, -0.15) is 0 Å². The maximum Gasteiger partial charge on any atom is 0.245 e. The molecule has 1 aliphatic carbocycles. The SMILES string of the molecule is O=C1CN(CCC2CCCO2)C(=O)C(C2CC2)N1. The van der Waals surface area contributed by atoms with Crippen molar-refractivity contribution in [2.75, 3.05) is 19.7 Å². The summed E-state index contributed by atoms with van der Waals surface area (Å²) in [6.45, 7) is 1.71. The van der Waals surface area contributed by atoms with E-state index in [0.29, 0.717) is 12.5 Å². The van der Waals surface area contributed by atoms with Gasteiger partial charge in [0.2, 0.25) is 11.8 Å². The van der Waals surface area contributed by atoms with E-state index in [2.05, 4.69) is 5.32 Å². The monoisotopic (exact) mass is 252 g/mol. The van der Waals surface area contributed by atoms with Gasteiger partial charge in [0, 0.05) is 13.2 Å². The van der Waals surface area contributed by atoms with Crippen LogP contribution in [0.2, 0.25) is 0 Å². The summed E-state index contributed by atoms with van der Waals surface area (Å²) in [7, 11) is 0. The summed E-state index contributed by atoms with van der Waals surface area (Å²) >= 11 is 0. The molecule has 2 heterocycles. The fourth-order valence-corrected chi connectivity index (χ4v) is 2.84. The van der Waals surface area contributed by atoms with Gasteiger partial charge in [-0.1, -0.05) is 0 Å². The average molecular weight is 252 g/mol. The number of nitrogens with one attached hydrogen (secondary N) is 1. The Balaban J connectivity index is 1.55. The van der Waals surface area contributed by atoms with E-state index in [1.807, 2.05) is 0 Å². The van der Waals surface area contributed by atoms with E-state index in [1.54, 1.807) is 4.90 Å². The second-order valence-electron chi connectivity index (χ2n) is 5.57. The molecule has 5 nitrogen and oxygen atoms in total. The van der Waals surface area contributed by atoms with Crippen molar-refractivity contribution in [3.05, 3.63) is 0 Å². The van der Waals surface area contributed by atoms with Crippen molar-refractivity contribution in [3.8, 4) is 0 Å². The predicted molar refractivity (Wildman–Crippen MR) is 64.8 cm³/mol. The fourth-order valence-electron chi connectivity index (χ4n) is 2.84. The van der Waals surface area contributed by atoms with Crippen LogP contribution < -0.4 is 5.32 Å². The molecule has 0 bridgehead atoms. The first-order valence-electron chi connectivity index (χ1n) is 6.94. The van der Waals surface area contributed by atoms with E-state index in [4.69, 9.17) is 4.74 Å². The molecule has 0 aromatic carbocycles. The molecular formula is C13H20N2O3. The van der Waals surface area contributed by atoms with Crippen molar-refractivity contribution in [2.45, 2.75) is 44.2 Å². The lowest BCUT2D eigenvalue weighted by Gasteiger charge is -2.33. The van der Waals surface area contributed by atoms with E-state index >= 15 is 0 Å². The van der Waals surface area contributed by atoms with Crippen LogP contribution in [0.4, 0.5) is 0 Å². The van der Waals surface area contributed by atoms with Crippen LogP contribution in [-0.4, -0.2) is 48.6 Å². The lowest BCUT2D eigenvalue weighted by atomic mass is 10.1. The highest BCUT2D eigenvalue weighted by molar-refractivity contribution is 5.95. The molecule has 0 spiro atoms. The van der Waals surface area contributed by atoms with Crippen LogP contribution in [0.3, 0.4) is 0 Å². The minimum atomic E-state index is -0.254. The lowest BCUT2D eigenvalue weighted by molar-refractivity contribution is -0.145. The Labute approximate surface area is 107 Å². The zero-order chi connectivity index (χ0) is 12.5. The van der Waals surface area contributed by atoms with Gasteiger partial charge in [0.05, 0.1) is 12.6 Å². The van der Waals surface area contributed by atoms with Crippen molar-refractivity contribution in [2.24, 2.45) is 5.92 Å². The van der Waals surface area contributed by atoms with Crippen LogP contribution in [0, 0.1) is 5.92 Å². The van der Waals surface area contributed by atoms with Gasteiger partial charge in [-0.15, -0.1) is 0 Å². The third-order valence-corrected chi connectivity index (χ3v) is 4.07.